The summed E-state index contributed by atoms with van der Waals surface area (Å²) in [4.78, 5) is 2.71. The van der Waals surface area contributed by atoms with Crippen LogP contribution in [0.5, 0.6) is 0 Å². The van der Waals surface area contributed by atoms with Gasteiger partial charge in [0.2, 0.25) is 6.35 Å². The van der Waals surface area contributed by atoms with E-state index in [1.807, 2.05) is 6.92 Å². The molecule has 1 aliphatic heterocycles. The minimum absolute atomic E-state index is 0.277. The van der Waals surface area contributed by atoms with Gasteiger partial charge in [-0.3, -0.25) is 0 Å². The zero-order valence-corrected chi connectivity index (χ0v) is 12.5. The maximum absolute atomic E-state index is 13.1. The highest BCUT2D eigenvalue weighted by Crippen LogP contribution is 2.33. The molecule has 1 heterocycles. The third kappa shape index (κ3) is 3.79. The van der Waals surface area contributed by atoms with E-state index in [1.54, 1.807) is 6.92 Å². The molecule has 0 aromatic rings. The molecule has 1 unspecified atom stereocenters. The highest BCUT2D eigenvalue weighted by molar-refractivity contribution is 7.87. The van der Waals surface area contributed by atoms with Crippen LogP contribution in [0.4, 0.5) is 17.6 Å². The molecule has 0 amide bonds. The Morgan fingerprint density at radius 3 is 2.29 bits per heavy atom. The summed E-state index contributed by atoms with van der Waals surface area (Å²) in [7, 11) is -5.75. The van der Waals surface area contributed by atoms with Crippen molar-refractivity contribution < 1.29 is 30.2 Å². The van der Waals surface area contributed by atoms with E-state index in [1.165, 1.54) is 22.2 Å². The van der Waals surface area contributed by atoms with Gasteiger partial charge in [0.25, 0.3) is 0 Å². The summed E-state index contributed by atoms with van der Waals surface area (Å²) in [6.45, 7) is 4.19. The molecule has 5 nitrogen and oxygen atoms in total. The summed E-state index contributed by atoms with van der Waals surface area (Å²) in [5, 5.41) is -5.24. The van der Waals surface area contributed by atoms with E-state index in [4.69, 9.17) is 0 Å². The Hall–Kier alpha value is -1.03. The van der Waals surface area contributed by atoms with E-state index >= 15 is 0 Å². The summed E-state index contributed by atoms with van der Waals surface area (Å²) >= 11 is 0. The normalized spacial score (nSPS) is 19.9. The molecule has 124 valence electrons. The minimum atomic E-state index is -5.75. The number of nitrogens with zero attached hydrogens (tertiary/aromatic N) is 2. The molecular weight excluding hydrogens is 316 g/mol. The fraction of sp³-hybridized carbons (Fsp3) is 0.818. The molecular formula is C11H18F4N2O3S. The van der Waals surface area contributed by atoms with Gasteiger partial charge in [-0.2, -0.15) is 17.2 Å². The number of halogens is 4. The van der Waals surface area contributed by atoms with Crippen LogP contribution in [0.1, 0.15) is 26.7 Å². The fourth-order valence-corrected chi connectivity index (χ4v) is 2.49. The molecule has 0 fully saturated rings. The molecule has 1 atom stereocenters. The van der Waals surface area contributed by atoms with Crippen molar-refractivity contribution in [2.75, 3.05) is 13.1 Å². The van der Waals surface area contributed by atoms with Crippen LogP contribution < -0.4 is 0 Å². The molecule has 0 saturated heterocycles. The molecule has 0 aromatic heterocycles. The lowest BCUT2D eigenvalue weighted by Gasteiger charge is -2.31. The molecule has 1 rings (SSSR count). The molecule has 21 heavy (non-hydrogen) atoms. The fourth-order valence-electron chi connectivity index (χ4n) is 1.69. The molecule has 0 bridgehead atoms. The maximum Gasteiger partial charge on any atom is 0.428 e. The number of hydrogen-bond donors (Lipinski definition) is 0. The van der Waals surface area contributed by atoms with E-state index in [0.717, 1.165) is 6.42 Å². The zero-order chi connectivity index (χ0) is 16.3. The lowest BCUT2D eigenvalue weighted by Crippen LogP contribution is -2.47. The van der Waals surface area contributed by atoms with E-state index in [9.17, 15) is 26.0 Å². The second kappa shape index (κ2) is 6.82. The second-order valence-electron chi connectivity index (χ2n) is 4.46. The second-order valence-corrected chi connectivity index (χ2v) is 6.10. The smallest absolute Gasteiger partial charge is 0.333 e. The maximum atomic E-state index is 13.1. The average Bonchev–Trinajstić information content (AvgIpc) is 2.77. The Labute approximate surface area is 121 Å². The molecule has 0 spiro atoms. The monoisotopic (exact) mass is 334 g/mol. The lowest BCUT2D eigenvalue weighted by atomic mass is 10.3. The summed E-state index contributed by atoms with van der Waals surface area (Å²) in [5.41, 5.74) is 0. The van der Waals surface area contributed by atoms with E-state index in [-0.39, 0.29) is 6.54 Å². The molecule has 10 heteroatoms. The summed E-state index contributed by atoms with van der Waals surface area (Å²) < 4.78 is 77.7. The quantitative estimate of drug-likeness (QED) is 0.504. The van der Waals surface area contributed by atoms with Gasteiger partial charge in [-0.05, 0) is 13.3 Å². The number of rotatable bonds is 8. The van der Waals surface area contributed by atoms with Gasteiger partial charge in [-0.25, -0.2) is 13.0 Å². The Morgan fingerprint density at radius 1 is 1.24 bits per heavy atom. The number of hydrogen-bond acceptors (Lipinski definition) is 5. The lowest BCUT2D eigenvalue weighted by molar-refractivity contribution is -0.0869. The first-order valence-corrected chi connectivity index (χ1v) is 7.86. The first-order chi connectivity index (χ1) is 9.67. The van der Waals surface area contributed by atoms with Gasteiger partial charge in [0.1, 0.15) is 0 Å². The van der Waals surface area contributed by atoms with Crippen molar-refractivity contribution in [2.24, 2.45) is 0 Å². The first kappa shape index (κ1) is 18.0. The first-order valence-electron chi connectivity index (χ1n) is 6.46. The van der Waals surface area contributed by atoms with Crippen LogP contribution in [0.15, 0.2) is 12.4 Å². The van der Waals surface area contributed by atoms with Crippen LogP contribution in [0.3, 0.4) is 0 Å². The van der Waals surface area contributed by atoms with E-state index in [2.05, 4.69) is 4.18 Å². The van der Waals surface area contributed by atoms with Crippen molar-refractivity contribution in [3.05, 3.63) is 12.4 Å². The third-order valence-electron chi connectivity index (χ3n) is 2.95. The van der Waals surface area contributed by atoms with Gasteiger partial charge in [-0.15, -0.1) is 0 Å². The SMILES string of the molecule is CCCCN1C=CN(CC)C1OS(=O)(=O)C(F)(F)C(F)F. The average molecular weight is 334 g/mol. The van der Waals surface area contributed by atoms with Gasteiger partial charge >= 0.3 is 21.8 Å². The van der Waals surface area contributed by atoms with E-state index < -0.39 is 28.1 Å². The van der Waals surface area contributed by atoms with Crippen molar-refractivity contribution in [1.82, 2.24) is 9.80 Å². The predicted octanol–water partition coefficient (Wildman–Crippen LogP) is 2.38. The Bertz CT molecular complexity index is 470. The van der Waals surface area contributed by atoms with Crippen LogP contribution in [-0.2, 0) is 14.3 Å². The topological polar surface area (TPSA) is 49.9 Å². The van der Waals surface area contributed by atoms with Gasteiger partial charge < -0.3 is 9.80 Å². The Kier molecular flexibility index (Phi) is 5.85. The van der Waals surface area contributed by atoms with Crippen LogP contribution in [0.2, 0.25) is 0 Å². The third-order valence-corrected chi connectivity index (χ3v) is 4.22. The van der Waals surface area contributed by atoms with Gasteiger partial charge in [0.15, 0.2) is 0 Å². The highest BCUT2D eigenvalue weighted by Gasteiger charge is 2.57. The minimum Gasteiger partial charge on any atom is -0.333 e. The van der Waals surface area contributed by atoms with Gasteiger partial charge in [-0.1, -0.05) is 13.3 Å². The molecule has 0 N–H and O–H groups in total. The Morgan fingerprint density at radius 2 is 1.81 bits per heavy atom. The van der Waals surface area contributed by atoms with Crippen molar-refractivity contribution in [3.8, 4) is 0 Å². The predicted molar refractivity (Wildman–Crippen MR) is 67.9 cm³/mol. The van der Waals surface area contributed by atoms with Crippen molar-refractivity contribution in [3.63, 3.8) is 0 Å². The summed E-state index contributed by atoms with van der Waals surface area (Å²) in [6.07, 6.45) is -1.29. The largest absolute Gasteiger partial charge is 0.428 e. The molecule has 0 aliphatic carbocycles. The molecule has 1 aliphatic rings. The number of alkyl halides is 4. The van der Waals surface area contributed by atoms with E-state index in [0.29, 0.717) is 13.0 Å². The van der Waals surface area contributed by atoms with Crippen molar-refractivity contribution in [2.45, 2.75) is 44.7 Å². The highest BCUT2D eigenvalue weighted by atomic mass is 32.2. The van der Waals surface area contributed by atoms with Crippen LogP contribution in [-0.4, -0.2) is 49.3 Å². The van der Waals surface area contributed by atoms with Crippen molar-refractivity contribution >= 4 is 10.1 Å². The van der Waals surface area contributed by atoms with Gasteiger partial charge in [0.05, 0.1) is 0 Å². The standard InChI is InChI=1S/C11H18F4N2O3S/c1-3-5-6-17-8-7-16(4-2)10(17)20-21(18,19)11(14,15)9(12)13/h7-10H,3-6H2,1-2H3. The van der Waals surface area contributed by atoms with Crippen molar-refractivity contribution in [1.29, 1.82) is 0 Å². The number of unbranched alkanes of at least 4 members (excludes halogenated alkanes) is 1. The zero-order valence-electron chi connectivity index (χ0n) is 11.7. The summed E-state index contributed by atoms with van der Waals surface area (Å²) in [5.74, 6) is 0. The Balaban J connectivity index is 2.91. The van der Waals surface area contributed by atoms with Crippen LogP contribution >= 0.6 is 0 Å². The molecule has 0 saturated carbocycles. The molecule has 0 aromatic carbocycles. The molecule has 0 radical (unpaired) electrons. The summed E-state index contributed by atoms with van der Waals surface area (Å²) in [6, 6.07) is 0. The van der Waals surface area contributed by atoms with Gasteiger partial charge in [0, 0.05) is 25.5 Å². The van der Waals surface area contributed by atoms with Crippen LogP contribution in [0, 0.1) is 0 Å². The van der Waals surface area contributed by atoms with Crippen LogP contribution in [0.25, 0.3) is 0 Å².